The van der Waals surface area contributed by atoms with E-state index in [0.717, 1.165) is 31.4 Å². The first-order chi connectivity index (χ1) is 10.5. The molecule has 0 spiro atoms. The molecule has 0 saturated heterocycles. The summed E-state index contributed by atoms with van der Waals surface area (Å²) in [6.45, 7) is 1.83. The average Bonchev–Trinajstić information content (AvgIpc) is 2.50. The van der Waals surface area contributed by atoms with Crippen LogP contribution >= 0.6 is 0 Å². The molecule has 1 aromatic rings. The first-order valence-corrected chi connectivity index (χ1v) is 8.17. The Labute approximate surface area is 131 Å². The third kappa shape index (κ3) is 1.81. The van der Waals surface area contributed by atoms with Gasteiger partial charge < -0.3 is 9.84 Å². The predicted octanol–water partition coefficient (Wildman–Crippen LogP) is 3.15. The van der Waals surface area contributed by atoms with Crippen molar-refractivity contribution in [2.45, 2.75) is 44.6 Å². The van der Waals surface area contributed by atoms with Gasteiger partial charge in [-0.25, -0.2) is 0 Å². The maximum absolute atomic E-state index is 12.7. The second-order valence-corrected chi connectivity index (χ2v) is 7.10. The van der Waals surface area contributed by atoms with Crippen molar-refractivity contribution < 1.29 is 14.6 Å². The summed E-state index contributed by atoms with van der Waals surface area (Å²) in [7, 11) is 1.71. The van der Waals surface area contributed by atoms with Crippen LogP contribution in [0, 0.1) is 11.8 Å². The Morgan fingerprint density at radius 1 is 1.32 bits per heavy atom. The minimum absolute atomic E-state index is 0.0355. The molecule has 0 radical (unpaired) electrons. The van der Waals surface area contributed by atoms with E-state index < -0.39 is 5.60 Å². The van der Waals surface area contributed by atoms with E-state index in [1.807, 2.05) is 19.1 Å². The summed E-state index contributed by atoms with van der Waals surface area (Å²) in [5.41, 5.74) is 4.27. The van der Waals surface area contributed by atoms with Gasteiger partial charge in [-0.05, 0) is 56.2 Å². The molecule has 0 amide bonds. The highest BCUT2D eigenvalue weighted by Crippen LogP contribution is 2.52. The third-order valence-corrected chi connectivity index (χ3v) is 5.92. The van der Waals surface area contributed by atoms with E-state index in [1.165, 1.54) is 22.3 Å². The van der Waals surface area contributed by atoms with Gasteiger partial charge in [0.25, 0.3) is 0 Å². The molecule has 116 valence electrons. The second kappa shape index (κ2) is 4.69. The molecule has 1 fully saturated rings. The highest BCUT2D eigenvalue weighted by Gasteiger charge is 2.50. The van der Waals surface area contributed by atoms with E-state index >= 15 is 0 Å². The molecule has 3 aliphatic carbocycles. The summed E-state index contributed by atoms with van der Waals surface area (Å²) in [6, 6.07) is 6.18. The van der Waals surface area contributed by atoms with Gasteiger partial charge in [0.1, 0.15) is 11.5 Å². The summed E-state index contributed by atoms with van der Waals surface area (Å²) >= 11 is 0. The van der Waals surface area contributed by atoms with Crippen LogP contribution in [0.25, 0.3) is 5.57 Å². The van der Waals surface area contributed by atoms with E-state index in [0.29, 0.717) is 6.42 Å². The number of benzene rings is 1. The fraction of sp³-hybridized carbons (Fsp3) is 0.526. The van der Waals surface area contributed by atoms with Crippen molar-refractivity contribution >= 4 is 11.4 Å². The van der Waals surface area contributed by atoms with Gasteiger partial charge in [-0.15, -0.1) is 0 Å². The zero-order valence-corrected chi connectivity index (χ0v) is 13.2. The zero-order valence-electron chi connectivity index (χ0n) is 13.2. The molecule has 1 N–H and O–H groups in total. The Morgan fingerprint density at radius 2 is 2.14 bits per heavy atom. The van der Waals surface area contributed by atoms with Crippen LogP contribution in [0.3, 0.4) is 0 Å². The summed E-state index contributed by atoms with van der Waals surface area (Å²) < 4.78 is 5.51. The van der Waals surface area contributed by atoms with Gasteiger partial charge in [0.15, 0.2) is 0 Å². The van der Waals surface area contributed by atoms with Crippen molar-refractivity contribution in [1.82, 2.24) is 0 Å². The monoisotopic (exact) mass is 298 g/mol. The number of carbonyl (C=O) groups is 1. The molecule has 3 heteroatoms. The number of ether oxygens (including phenoxy) is 1. The molecule has 1 aromatic carbocycles. The Hall–Kier alpha value is -1.61. The van der Waals surface area contributed by atoms with Crippen molar-refractivity contribution in [3.63, 3.8) is 0 Å². The van der Waals surface area contributed by atoms with Crippen LogP contribution in [0.2, 0.25) is 0 Å². The minimum atomic E-state index is -0.859. The van der Waals surface area contributed by atoms with Crippen molar-refractivity contribution in [3.8, 4) is 5.75 Å². The fourth-order valence-electron chi connectivity index (χ4n) is 4.68. The van der Waals surface area contributed by atoms with E-state index in [4.69, 9.17) is 4.74 Å². The third-order valence-electron chi connectivity index (χ3n) is 5.92. The number of allylic oxidation sites excluding steroid dienone is 2. The van der Waals surface area contributed by atoms with Crippen LogP contribution < -0.4 is 4.74 Å². The van der Waals surface area contributed by atoms with Gasteiger partial charge in [0.05, 0.1) is 18.6 Å². The highest BCUT2D eigenvalue weighted by molar-refractivity contribution is 5.95. The van der Waals surface area contributed by atoms with Crippen molar-refractivity contribution in [2.24, 2.45) is 11.8 Å². The average molecular weight is 298 g/mol. The topological polar surface area (TPSA) is 46.5 Å². The normalized spacial score (nSPS) is 33.3. The van der Waals surface area contributed by atoms with E-state index in [9.17, 15) is 9.90 Å². The van der Waals surface area contributed by atoms with Gasteiger partial charge in [-0.2, -0.15) is 0 Å². The molecule has 22 heavy (non-hydrogen) atoms. The maximum atomic E-state index is 12.7. The van der Waals surface area contributed by atoms with E-state index in [-0.39, 0.29) is 17.6 Å². The standard InChI is InChI=1S/C19H22O3/c1-19(21)9-8-14-12-6-7-13-11(4-3-5-17(13)22-2)15(12)10-16(19)18(14)20/h3-5,14,16,21H,6-10H2,1-2H3/t14-,16+,19+/m0/s1. The fourth-order valence-corrected chi connectivity index (χ4v) is 4.68. The minimum Gasteiger partial charge on any atom is -0.496 e. The Morgan fingerprint density at radius 3 is 2.91 bits per heavy atom. The van der Waals surface area contributed by atoms with E-state index in [1.54, 1.807) is 7.11 Å². The van der Waals surface area contributed by atoms with Gasteiger partial charge in [0.2, 0.25) is 0 Å². The van der Waals surface area contributed by atoms with Crippen LogP contribution in [0.15, 0.2) is 23.8 Å². The lowest BCUT2D eigenvalue weighted by atomic mass is 9.59. The first-order valence-electron chi connectivity index (χ1n) is 8.17. The van der Waals surface area contributed by atoms with Crippen LogP contribution in [-0.4, -0.2) is 23.6 Å². The number of hydrogen-bond acceptors (Lipinski definition) is 3. The molecule has 0 aliphatic heterocycles. The molecular weight excluding hydrogens is 276 g/mol. The smallest absolute Gasteiger partial charge is 0.146 e. The van der Waals surface area contributed by atoms with Gasteiger partial charge in [0, 0.05) is 11.5 Å². The van der Waals surface area contributed by atoms with Crippen molar-refractivity contribution in [1.29, 1.82) is 0 Å². The molecule has 3 nitrogen and oxygen atoms in total. The first kappa shape index (κ1) is 14.0. The molecule has 0 aromatic heterocycles. The number of fused-ring (bicyclic) bond motifs is 5. The molecular formula is C19H22O3. The number of methoxy groups -OCH3 is 1. The summed E-state index contributed by atoms with van der Waals surface area (Å²) in [4.78, 5) is 12.7. The second-order valence-electron chi connectivity index (χ2n) is 7.10. The molecule has 4 rings (SSSR count). The predicted molar refractivity (Wildman–Crippen MR) is 84.7 cm³/mol. The van der Waals surface area contributed by atoms with Crippen molar-refractivity contribution in [3.05, 3.63) is 34.9 Å². The largest absolute Gasteiger partial charge is 0.496 e. The van der Waals surface area contributed by atoms with Crippen LogP contribution in [-0.2, 0) is 11.2 Å². The van der Waals surface area contributed by atoms with Gasteiger partial charge in [-0.3, -0.25) is 4.79 Å². The number of Topliss-reactive ketones (excluding diaryl/α,β-unsaturated/α-hetero) is 1. The van der Waals surface area contributed by atoms with E-state index in [2.05, 4.69) is 6.07 Å². The summed E-state index contributed by atoms with van der Waals surface area (Å²) in [5.74, 6) is 0.995. The Bertz CT molecular complexity index is 684. The number of hydrogen-bond donors (Lipinski definition) is 1. The lowest BCUT2D eigenvalue weighted by Gasteiger charge is -2.46. The molecule has 3 atom stereocenters. The molecule has 2 bridgehead atoms. The Balaban J connectivity index is 1.86. The molecule has 1 saturated carbocycles. The number of carbonyl (C=O) groups excluding carboxylic acids is 1. The van der Waals surface area contributed by atoms with Gasteiger partial charge >= 0.3 is 0 Å². The molecule has 0 heterocycles. The maximum Gasteiger partial charge on any atom is 0.146 e. The molecule has 3 aliphatic rings. The van der Waals surface area contributed by atoms with Crippen LogP contribution in [0.1, 0.15) is 43.7 Å². The lowest BCUT2D eigenvalue weighted by Crippen LogP contribution is -2.50. The number of ketones is 1. The Kier molecular flexibility index (Phi) is 2.99. The number of rotatable bonds is 1. The summed E-state index contributed by atoms with van der Waals surface area (Å²) in [5, 5.41) is 10.6. The highest BCUT2D eigenvalue weighted by atomic mass is 16.5. The quantitative estimate of drug-likeness (QED) is 0.866. The summed E-state index contributed by atoms with van der Waals surface area (Å²) in [6.07, 6.45) is 4.10. The van der Waals surface area contributed by atoms with Crippen LogP contribution in [0.4, 0.5) is 0 Å². The lowest BCUT2D eigenvalue weighted by molar-refractivity contribution is -0.141. The van der Waals surface area contributed by atoms with Crippen LogP contribution in [0.5, 0.6) is 5.75 Å². The SMILES string of the molecule is COc1cccc2c1CCC1=C2C[C@@H]2C(=O)[C@H]1CC[C@@]2(C)O. The zero-order chi connectivity index (χ0) is 15.5. The molecule has 0 unspecified atom stereocenters. The number of aliphatic hydroxyl groups is 1. The van der Waals surface area contributed by atoms with Crippen molar-refractivity contribution in [2.75, 3.05) is 7.11 Å². The van der Waals surface area contributed by atoms with Gasteiger partial charge in [-0.1, -0.05) is 17.7 Å².